The molecule has 0 saturated heterocycles. The number of carbonyl (C=O) groups excluding carboxylic acids is 2. The zero-order valence-corrected chi connectivity index (χ0v) is 20.7. The Hall–Kier alpha value is -4.31. The first-order chi connectivity index (χ1) is 17.9. The second-order valence-corrected chi connectivity index (χ2v) is 8.50. The molecule has 1 N–H and O–H groups in total. The van der Waals surface area contributed by atoms with Crippen molar-refractivity contribution in [3.05, 3.63) is 94.8 Å². The number of hydrogen-bond donors (Lipinski definition) is 1. The van der Waals surface area contributed by atoms with Gasteiger partial charge in [0.05, 0.1) is 19.2 Å². The van der Waals surface area contributed by atoms with Gasteiger partial charge in [-0.3, -0.25) is 9.59 Å². The Morgan fingerprint density at radius 1 is 1.05 bits per heavy atom. The number of ether oxygens (including phenoxy) is 1. The molecule has 11 heteroatoms. The number of hydrogen-bond acceptors (Lipinski definition) is 6. The normalized spacial score (nSPS) is 10.7. The van der Waals surface area contributed by atoms with E-state index in [0.717, 1.165) is 10.4 Å². The van der Waals surface area contributed by atoms with E-state index in [1.165, 1.54) is 17.0 Å². The van der Waals surface area contributed by atoms with Crippen LogP contribution in [0.25, 0.3) is 11.4 Å². The fourth-order valence-corrected chi connectivity index (χ4v) is 3.71. The molecular weight excluding hydrogens is 499 g/mol. The topological polar surface area (TPSA) is 102 Å². The van der Waals surface area contributed by atoms with Crippen LogP contribution in [0, 0.1) is 5.82 Å². The maximum absolute atomic E-state index is 14.1. The average molecular weight is 523 g/mol. The summed E-state index contributed by atoms with van der Waals surface area (Å²) in [4.78, 5) is 28.4. The quantitative estimate of drug-likeness (QED) is 0.342. The molecule has 0 unspecified atom stereocenters. The first-order valence-electron chi connectivity index (χ1n) is 11.4. The third-order valence-electron chi connectivity index (χ3n) is 5.50. The highest BCUT2D eigenvalue weighted by molar-refractivity contribution is 6.31. The van der Waals surface area contributed by atoms with Gasteiger partial charge < -0.3 is 15.0 Å². The van der Waals surface area contributed by atoms with Gasteiger partial charge in [0, 0.05) is 18.1 Å². The lowest BCUT2D eigenvalue weighted by molar-refractivity contribution is -0.137. The van der Waals surface area contributed by atoms with E-state index in [0.29, 0.717) is 16.3 Å². The second kappa shape index (κ2) is 12.1. The van der Waals surface area contributed by atoms with Crippen LogP contribution in [-0.4, -0.2) is 50.6 Å². The summed E-state index contributed by atoms with van der Waals surface area (Å²) in [6.07, 6.45) is 0. The number of halogens is 2. The fraction of sp³-hybridized carbons (Fsp3) is 0.192. The van der Waals surface area contributed by atoms with Gasteiger partial charge in [-0.05, 0) is 46.7 Å². The Labute approximate surface area is 217 Å². The van der Waals surface area contributed by atoms with Gasteiger partial charge in [0.15, 0.2) is 0 Å². The largest absolute Gasteiger partial charge is 0.497 e. The lowest BCUT2D eigenvalue weighted by atomic mass is 10.2. The molecule has 37 heavy (non-hydrogen) atoms. The summed E-state index contributed by atoms with van der Waals surface area (Å²) in [6.45, 7) is -0.121. The molecule has 0 spiro atoms. The van der Waals surface area contributed by atoms with Crippen molar-refractivity contribution in [1.82, 2.24) is 30.4 Å². The first kappa shape index (κ1) is 25.8. The van der Waals surface area contributed by atoms with Gasteiger partial charge >= 0.3 is 0 Å². The second-order valence-electron chi connectivity index (χ2n) is 8.09. The van der Waals surface area contributed by atoms with Gasteiger partial charge in [-0.25, -0.2) is 4.39 Å². The number of rotatable bonds is 10. The van der Waals surface area contributed by atoms with Gasteiger partial charge in [-0.2, -0.15) is 4.80 Å². The molecule has 3 aromatic carbocycles. The van der Waals surface area contributed by atoms with Gasteiger partial charge in [0.1, 0.15) is 18.1 Å². The van der Waals surface area contributed by atoms with Crippen molar-refractivity contribution in [2.24, 2.45) is 0 Å². The molecule has 0 atom stereocenters. The minimum Gasteiger partial charge on any atom is -0.497 e. The Balaban J connectivity index is 1.45. The summed E-state index contributed by atoms with van der Waals surface area (Å²) in [5, 5.41) is 15.1. The summed E-state index contributed by atoms with van der Waals surface area (Å²) < 4.78 is 19.2. The Kier molecular flexibility index (Phi) is 8.42. The monoisotopic (exact) mass is 522 g/mol. The number of benzene rings is 3. The van der Waals surface area contributed by atoms with Gasteiger partial charge in [-0.15, -0.1) is 10.2 Å². The predicted molar refractivity (Wildman–Crippen MR) is 135 cm³/mol. The molecule has 9 nitrogen and oxygen atoms in total. The molecule has 4 rings (SSSR count). The third kappa shape index (κ3) is 6.89. The Bertz CT molecular complexity index is 1380. The molecule has 4 aromatic rings. The highest BCUT2D eigenvalue weighted by Crippen LogP contribution is 2.19. The van der Waals surface area contributed by atoms with E-state index in [2.05, 4.69) is 20.7 Å². The molecule has 0 aliphatic carbocycles. The smallest absolute Gasteiger partial charge is 0.247 e. The zero-order valence-electron chi connectivity index (χ0n) is 20.0. The van der Waals surface area contributed by atoms with E-state index in [9.17, 15) is 14.0 Å². The molecule has 1 aromatic heterocycles. The average Bonchev–Trinajstić information content (AvgIpc) is 3.37. The summed E-state index contributed by atoms with van der Waals surface area (Å²) >= 11 is 6.30. The third-order valence-corrected chi connectivity index (χ3v) is 5.87. The number of methoxy groups -OCH3 is 1. The maximum atomic E-state index is 14.1. The van der Waals surface area contributed by atoms with E-state index in [1.54, 1.807) is 55.6 Å². The number of tetrazole rings is 1. The molecule has 0 radical (unpaired) electrons. The zero-order chi connectivity index (χ0) is 26.2. The minimum atomic E-state index is -0.498. The van der Waals surface area contributed by atoms with Crippen molar-refractivity contribution >= 4 is 23.4 Å². The van der Waals surface area contributed by atoms with E-state index >= 15 is 0 Å². The van der Waals surface area contributed by atoms with Crippen molar-refractivity contribution in [2.75, 3.05) is 13.7 Å². The minimum absolute atomic E-state index is 0.0563. The van der Waals surface area contributed by atoms with Crippen LogP contribution in [0.5, 0.6) is 5.75 Å². The van der Waals surface area contributed by atoms with Gasteiger partial charge in [0.25, 0.3) is 0 Å². The van der Waals surface area contributed by atoms with E-state index in [4.69, 9.17) is 16.3 Å². The summed E-state index contributed by atoms with van der Waals surface area (Å²) in [5.41, 5.74) is 1.73. The van der Waals surface area contributed by atoms with Gasteiger partial charge in [-0.1, -0.05) is 54.1 Å². The molecule has 0 aliphatic heterocycles. The predicted octanol–water partition coefficient (Wildman–Crippen LogP) is 3.49. The lowest BCUT2D eigenvalue weighted by Gasteiger charge is -2.22. The molecule has 0 aliphatic rings. The molecule has 0 bridgehead atoms. The molecule has 0 fully saturated rings. The van der Waals surface area contributed by atoms with Crippen LogP contribution in [0.4, 0.5) is 4.39 Å². The van der Waals surface area contributed by atoms with E-state index in [-0.39, 0.29) is 43.5 Å². The molecule has 190 valence electrons. The molecular formula is C26H24ClFN6O3. The van der Waals surface area contributed by atoms with Crippen molar-refractivity contribution in [2.45, 2.75) is 19.6 Å². The van der Waals surface area contributed by atoms with Crippen molar-refractivity contribution < 1.29 is 18.7 Å². The van der Waals surface area contributed by atoms with Crippen molar-refractivity contribution in [3.63, 3.8) is 0 Å². The number of amides is 2. The van der Waals surface area contributed by atoms with Crippen LogP contribution in [0.2, 0.25) is 5.02 Å². The first-order valence-corrected chi connectivity index (χ1v) is 11.7. The van der Waals surface area contributed by atoms with Crippen LogP contribution >= 0.6 is 11.6 Å². The van der Waals surface area contributed by atoms with Crippen LogP contribution in [0.15, 0.2) is 72.8 Å². The number of nitrogens with zero attached hydrogens (tertiary/aromatic N) is 5. The maximum Gasteiger partial charge on any atom is 0.247 e. The van der Waals surface area contributed by atoms with Crippen LogP contribution in [0.3, 0.4) is 0 Å². The summed E-state index contributed by atoms with van der Waals surface area (Å²) in [6, 6.07) is 20.4. The van der Waals surface area contributed by atoms with Crippen molar-refractivity contribution in [3.8, 4) is 17.1 Å². The SMILES string of the molecule is COc1ccc(CNC(=O)CN(Cc2ccccc2Cl)C(=O)Cn2nnc(-c3ccccc3F)n2)cc1. The number of nitrogens with one attached hydrogen (secondary N) is 1. The molecule has 1 heterocycles. The van der Waals surface area contributed by atoms with Crippen LogP contribution < -0.4 is 10.1 Å². The number of carbonyl (C=O) groups is 2. The summed E-state index contributed by atoms with van der Waals surface area (Å²) in [5.74, 6) is -0.513. The van der Waals surface area contributed by atoms with Crippen LogP contribution in [0.1, 0.15) is 11.1 Å². The lowest BCUT2D eigenvalue weighted by Crippen LogP contribution is -2.41. The molecule has 0 saturated carbocycles. The fourth-order valence-electron chi connectivity index (χ4n) is 3.52. The van der Waals surface area contributed by atoms with Gasteiger partial charge in [0.2, 0.25) is 17.6 Å². The summed E-state index contributed by atoms with van der Waals surface area (Å²) in [7, 11) is 1.58. The Morgan fingerprint density at radius 3 is 2.51 bits per heavy atom. The Morgan fingerprint density at radius 2 is 1.78 bits per heavy atom. The highest BCUT2D eigenvalue weighted by atomic mass is 35.5. The van der Waals surface area contributed by atoms with E-state index in [1.807, 2.05) is 12.1 Å². The van der Waals surface area contributed by atoms with E-state index < -0.39 is 11.7 Å². The van der Waals surface area contributed by atoms with Crippen molar-refractivity contribution in [1.29, 1.82) is 0 Å². The standard InChI is InChI=1S/C26H24ClFN6O3/c1-37-20-12-10-18(11-13-20)14-29-24(35)16-33(15-19-6-2-4-8-22(19)27)25(36)17-34-31-26(30-32-34)21-7-3-5-9-23(21)28/h2-13H,14-17H2,1H3,(H,29,35). The number of aromatic nitrogens is 4. The highest BCUT2D eigenvalue weighted by Gasteiger charge is 2.21. The molecule has 2 amide bonds. The van der Waals surface area contributed by atoms with Crippen LogP contribution in [-0.2, 0) is 29.2 Å².